The molecule has 16 heteroatoms. The van der Waals surface area contributed by atoms with Crippen LogP contribution >= 0.6 is 0 Å². The number of carbonyl (C=O) groups is 4. The smallest absolute Gasteiger partial charge is 0.417 e. The van der Waals surface area contributed by atoms with Crippen LogP contribution in [0.25, 0.3) is 11.0 Å². The fourth-order valence-corrected chi connectivity index (χ4v) is 4.39. The quantitative estimate of drug-likeness (QED) is 0.203. The Morgan fingerprint density at radius 1 is 1.11 bits per heavy atom. The number of alkyl carbamates (subject to hydrolysis) is 1. The molecule has 0 aliphatic heterocycles. The number of amides is 3. The van der Waals surface area contributed by atoms with E-state index in [-0.39, 0.29) is 47.0 Å². The Kier molecular flexibility index (Phi) is 10.7. The van der Waals surface area contributed by atoms with Gasteiger partial charge in [-0.05, 0) is 43.2 Å². The number of benzene rings is 2. The number of hydrogen-bond acceptors (Lipinski definition) is 8. The van der Waals surface area contributed by atoms with Gasteiger partial charge in [0.2, 0.25) is 17.6 Å². The maximum absolute atomic E-state index is 14.9. The minimum Gasteiger partial charge on any atom is -0.464 e. The molecule has 47 heavy (non-hydrogen) atoms. The number of rotatable bonds is 11. The summed E-state index contributed by atoms with van der Waals surface area (Å²) < 4.78 is 41.3. The van der Waals surface area contributed by atoms with E-state index in [0.29, 0.717) is 10.6 Å². The fourth-order valence-electron chi connectivity index (χ4n) is 4.39. The number of carbonyl (C=O) groups excluding carboxylic acids is 3. The van der Waals surface area contributed by atoms with E-state index in [1.54, 1.807) is 32.3 Å². The molecule has 0 radical (unpaired) electrons. The lowest BCUT2D eigenvalue weighted by molar-refractivity contribution is -0.123. The molecular formula is C31H30F2N6O8. The molecule has 0 saturated heterocycles. The number of pyridine rings is 1. The van der Waals surface area contributed by atoms with E-state index < -0.39 is 53.6 Å². The van der Waals surface area contributed by atoms with Crippen LogP contribution in [0.5, 0.6) is 11.5 Å². The van der Waals surface area contributed by atoms with Gasteiger partial charge in [0.15, 0.2) is 11.6 Å². The Morgan fingerprint density at radius 3 is 2.49 bits per heavy atom. The summed E-state index contributed by atoms with van der Waals surface area (Å²) >= 11 is 0. The van der Waals surface area contributed by atoms with Crippen molar-refractivity contribution in [2.45, 2.75) is 25.4 Å². The van der Waals surface area contributed by atoms with Crippen molar-refractivity contribution >= 4 is 40.7 Å². The second-order valence-corrected chi connectivity index (χ2v) is 10.2. The average Bonchev–Trinajstić information content (AvgIpc) is 3.40. The van der Waals surface area contributed by atoms with Gasteiger partial charge < -0.3 is 34.7 Å². The first-order valence-electron chi connectivity index (χ1n) is 14.0. The zero-order valence-corrected chi connectivity index (χ0v) is 25.4. The molecule has 1 atom stereocenters. The van der Waals surface area contributed by atoms with E-state index in [1.807, 2.05) is 0 Å². The Morgan fingerprint density at radius 2 is 1.83 bits per heavy atom. The second-order valence-electron chi connectivity index (χ2n) is 10.2. The van der Waals surface area contributed by atoms with Gasteiger partial charge in [-0.2, -0.15) is 4.39 Å². The maximum Gasteiger partial charge on any atom is 0.417 e. The summed E-state index contributed by atoms with van der Waals surface area (Å²) in [5.41, 5.74) is -1.64. The number of nitrogens with zero attached hydrogens (tertiary/aromatic N) is 4. The van der Waals surface area contributed by atoms with Crippen LogP contribution in [-0.2, 0) is 20.9 Å². The summed E-state index contributed by atoms with van der Waals surface area (Å²) in [6.45, 7) is -0.494. The van der Waals surface area contributed by atoms with Gasteiger partial charge in [-0.3, -0.25) is 14.4 Å². The van der Waals surface area contributed by atoms with Crippen molar-refractivity contribution in [2.24, 2.45) is 0 Å². The van der Waals surface area contributed by atoms with Gasteiger partial charge in [0.1, 0.15) is 28.8 Å². The molecular weight excluding hydrogens is 622 g/mol. The van der Waals surface area contributed by atoms with Crippen molar-refractivity contribution in [2.75, 3.05) is 26.5 Å². The van der Waals surface area contributed by atoms with Crippen LogP contribution in [0, 0.1) is 11.6 Å². The molecule has 2 heterocycles. The van der Waals surface area contributed by atoms with Crippen LogP contribution in [-0.4, -0.2) is 75.4 Å². The molecule has 1 unspecified atom stereocenters. The van der Waals surface area contributed by atoms with Gasteiger partial charge in [0.25, 0.3) is 5.56 Å². The first-order valence-corrected chi connectivity index (χ1v) is 14.0. The highest BCUT2D eigenvalue weighted by molar-refractivity contribution is 5.96. The molecule has 0 saturated carbocycles. The largest absolute Gasteiger partial charge is 0.464 e. The standard InChI is InChI=1S/C31H30F2N6O8/c1-37(2)24(40)14-8-7-12-20(35-30(43)46-3)28(41)34-21-13-9-15-38(29(21)42)17-23-36-26-22(39(23)31(44)45)16-19(32)25(33)27(26)47-18-10-5-4-6-11-18/h4-6,8-11,13-16,20H,7,12,17H2,1-3H3,(H,34,41)(H,35,43)(H,44,45)/b14-8+. The normalized spacial score (nSPS) is 11.7. The fraction of sp³-hybridized carbons (Fsp3) is 0.226. The third-order valence-corrected chi connectivity index (χ3v) is 6.73. The molecule has 0 spiro atoms. The van der Waals surface area contributed by atoms with E-state index >= 15 is 0 Å². The van der Waals surface area contributed by atoms with Crippen LogP contribution < -0.4 is 20.9 Å². The van der Waals surface area contributed by atoms with Crippen molar-refractivity contribution in [3.63, 3.8) is 0 Å². The molecule has 0 fully saturated rings. The molecule has 246 valence electrons. The summed E-state index contributed by atoms with van der Waals surface area (Å²) in [7, 11) is 4.26. The number of anilines is 1. The minimum absolute atomic E-state index is 0.0440. The number of hydrogen-bond donors (Lipinski definition) is 3. The Balaban J connectivity index is 1.63. The van der Waals surface area contributed by atoms with E-state index in [2.05, 4.69) is 20.4 Å². The van der Waals surface area contributed by atoms with Gasteiger partial charge in [-0.15, -0.1) is 0 Å². The molecule has 2 aromatic heterocycles. The van der Waals surface area contributed by atoms with Crippen LogP contribution in [0.4, 0.5) is 24.1 Å². The molecule has 2 aromatic carbocycles. The number of allylic oxidation sites excluding steroid dienone is 1. The van der Waals surface area contributed by atoms with E-state index in [0.717, 1.165) is 11.7 Å². The Labute approximate surface area is 265 Å². The third-order valence-electron chi connectivity index (χ3n) is 6.73. The number of likely N-dealkylation sites (N-methyl/N-ethyl adjacent to an activating group) is 1. The predicted octanol–water partition coefficient (Wildman–Crippen LogP) is 3.93. The predicted molar refractivity (Wildman–Crippen MR) is 164 cm³/mol. The summed E-state index contributed by atoms with van der Waals surface area (Å²) in [6, 6.07) is 10.0. The number of imidazole rings is 1. The molecule has 0 aliphatic rings. The maximum atomic E-state index is 14.9. The summed E-state index contributed by atoms with van der Waals surface area (Å²) in [5.74, 6) is -4.61. The van der Waals surface area contributed by atoms with Gasteiger partial charge >= 0.3 is 12.2 Å². The lowest BCUT2D eigenvalue weighted by Crippen LogP contribution is -2.44. The number of carboxylic acid groups (broad SMARTS) is 1. The number of para-hydroxylation sites is 1. The van der Waals surface area contributed by atoms with Crippen molar-refractivity contribution in [1.29, 1.82) is 0 Å². The third kappa shape index (κ3) is 7.97. The van der Waals surface area contributed by atoms with E-state index in [4.69, 9.17) is 4.74 Å². The minimum atomic E-state index is -1.59. The van der Waals surface area contributed by atoms with Crippen molar-refractivity contribution in [3.05, 3.63) is 94.7 Å². The SMILES string of the molecule is COC(=O)NC(CC/C=C/C(=O)N(C)C)C(=O)Nc1cccn(Cc2nc3c(Oc4ccccc4)c(F)c(F)cc3n2C(=O)O)c1=O. The van der Waals surface area contributed by atoms with Crippen LogP contribution in [0.2, 0.25) is 0 Å². The first-order chi connectivity index (χ1) is 22.4. The number of fused-ring (bicyclic) bond motifs is 1. The number of methoxy groups -OCH3 is 1. The van der Waals surface area contributed by atoms with Gasteiger partial charge in [0, 0.05) is 26.4 Å². The molecule has 0 aliphatic carbocycles. The van der Waals surface area contributed by atoms with E-state index in [1.165, 1.54) is 47.5 Å². The van der Waals surface area contributed by atoms with Gasteiger partial charge in [-0.1, -0.05) is 24.3 Å². The molecule has 4 rings (SSSR count). The highest BCUT2D eigenvalue weighted by Crippen LogP contribution is 2.34. The zero-order chi connectivity index (χ0) is 34.2. The molecule has 3 amide bonds. The lowest BCUT2D eigenvalue weighted by atomic mass is 10.1. The number of ether oxygens (including phenoxy) is 2. The van der Waals surface area contributed by atoms with Crippen LogP contribution in [0.1, 0.15) is 18.7 Å². The molecule has 3 N–H and O–H groups in total. The van der Waals surface area contributed by atoms with Crippen molar-refractivity contribution in [1.82, 2.24) is 24.3 Å². The Bertz CT molecular complexity index is 1910. The summed E-state index contributed by atoms with van der Waals surface area (Å²) in [4.78, 5) is 68.0. The van der Waals surface area contributed by atoms with Crippen LogP contribution in [0.3, 0.4) is 0 Å². The Hall–Kier alpha value is -6.06. The summed E-state index contributed by atoms with van der Waals surface area (Å²) in [5, 5.41) is 14.8. The highest BCUT2D eigenvalue weighted by atomic mass is 19.2. The number of nitrogens with one attached hydrogen (secondary N) is 2. The molecule has 4 aromatic rings. The second kappa shape index (κ2) is 14.8. The molecule has 14 nitrogen and oxygen atoms in total. The summed E-state index contributed by atoms with van der Waals surface area (Å²) in [6.07, 6.45) is 1.90. The monoisotopic (exact) mass is 652 g/mol. The van der Waals surface area contributed by atoms with Crippen molar-refractivity contribution < 1.29 is 42.5 Å². The molecule has 0 bridgehead atoms. The highest BCUT2D eigenvalue weighted by Gasteiger charge is 2.26. The van der Waals surface area contributed by atoms with Crippen LogP contribution in [0.15, 0.2) is 71.7 Å². The number of halogens is 2. The first kappa shape index (κ1) is 33.8. The van der Waals surface area contributed by atoms with Gasteiger partial charge in [0.05, 0.1) is 19.2 Å². The number of aromatic nitrogens is 3. The lowest BCUT2D eigenvalue weighted by Gasteiger charge is -2.17. The average molecular weight is 653 g/mol. The van der Waals surface area contributed by atoms with Crippen molar-refractivity contribution in [3.8, 4) is 11.5 Å². The van der Waals surface area contributed by atoms with Gasteiger partial charge in [-0.25, -0.2) is 23.5 Å². The zero-order valence-electron chi connectivity index (χ0n) is 25.4. The topological polar surface area (TPSA) is 174 Å². The van der Waals surface area contributed by atoms with E-state index in [9.17, 15) is 37.9 Å².